The number of imide groups is 1. The number of ether oxygens (including phenoxy) is 1. The predicted molar refractivity (Wildman–Crippen MR) is 265 cm³/mol. The standard InChI is InChI=1S/C36H42FN5O4S.C13H10ClNO5S/c1-36(2)16-5-6-17-42(36)47-22-25-8-7-9-27(18-25)38-34(45)20-24-10-12-28(29(37)19-24)26-11-13-30(32(21-26)40(3)23-43)41(4)31-14-15-33(44)39-35(31)46;14-9-10(20-5-8(16)17)12(13(18)19)21-11(9)6-2-1-3-7(15)4-6/h7-13,18-19,21,23,31H,5-6,14-17,20,22H2,1-4H3,(H,38,45)(H,39,44,46);1-4H,5,15H2,(H,16,17)(H,18,19). The number of hydrogen-bond acceptors (Lipinski definition) is 12. The predicted octanol–water partition coefficient (Wildman–Crippen LogP) is 8.73. The van der Waals surface area contributed by atoms with Crippen LogP contribution in [0.1, 0.15) is 66.8 Å². The third kappa shape index (κ3) is 12.7. The summed E-state index contributed by atoms with van der Waals surface area (Å²) in [5.74, 6) is -3.24. The molecule has 0 aliphatic carbocycles. The lowest BCUT2D eigenvalue weighted by atomic mass is 9.93. The van der Waals surface area contributed by atoms with Gasteiger partial charge in [-0.15, -0.1) is 11.3 Å². The van der Waals surface area contributed by atoms with Gasteiger partial charge in [0.15, 0.2) is 17.2 Å². The Balaban J connectivity index is 0.000000302. The largest absolute Gasteiger partial charge is 0.479 e. The lowest BCUT2D eigenvalue weighted by Crippen LogP contribution is -2.51. The van der Waals surface area contributed by atoms with Gasteiger partial charge >= 0.3 is 11.9 Å². The molecule has 2 saturated heterocycles. The summed E-state index contributed by atoms with van der Waals surface area (Å²) in [4.78, 5) is 74.0. The third-order valence-electron chi connectivity index (χ3n) is 11.4. The highest BCUT2D eigenvalue weighted by Gasteiger charge is 2.32. The second kappa shape index (κ2) is 22.6. The number of rotatable bonds is 16. The first-order valence-electron chi connectivity index (χ1n) is 21.6. The van der Waals surface area contributed by atoms with Gasteiger partial charge in [0, 0.05) is 55.3 Å². The van der Waals surface area contributed by atoms with E-state index in [2.05, 4.69) is 34.9 Å². The molecule has 2 aliphatic rings. The van der Waals surface area contributed by atoms with Crippen molar-refractivity contribution in [3.8, 4) is 27.3 Å². The Kier molecular flexibility index (Phi) is 16.9. The Labute approximate surface area is 406 Å². The zero-order chi connectivity index (χ0) is 49.3. The number of carbonyl (C=O) groups is 6. The highest BCUT2D eigenvalue weighted by molar-refractivity contribution is 7.96. The van der Waals surface area contributed by atoms with Gasteiger partial charge in [0.25, 0.3) is 0 Å². The molecule has 2 fully saturated rings. The molecule has 5 aromatic rings. The Morgan fingerprint density at radius 2 is 1.76 bits per heavy atom. The smallest absolute Gasteiger partial charge is 0.349 e. The molecule has 1 atom stereocenters. The molecular formula is C49H52ClFN6O9S2. The molecule has 0 saturated carbocycles. The van der Waals surface area contributed by atoms with Crippen LogP contribution in [0.2, 0.25) is 5.02 Å². The number of carboxylic acid groups (broad SMARTS) is 2. The Morgan fingerprint density at radius 1 is 1.00 bits per heavy atom. The maximum absolute atomic E-state index is 15.5. The molecule has 0 bridgehead atoms. The number of hydrogen-bond donors (Lipinski definition) is 5. The van der Waals surface area contributed by atoms with Crippen molar-refractivity contribution in [1.29, 1.82) is 0 Å². The molecule has 4 amide bonds. The molecule has 6 N–H and O–H groups in total. The van der Waals surface area contributed by atoms with Gasteiger partial charge in [-0.1, -0.05) is 72.4 Å². The molecule has 1 unspecified atom stereocenters. The van der Waals surface area contributed by atoms with E-state index in [1.54, 1.807) is 73.6 Å². The number of carbonyl (C=O) groups excluding carboxylic acids is 4. The van der Waals surface area contributed by atoms with Crippen LogP contribution in [-0.2, 0) is 36.1 Å². The van der Waals surface area contributed by atoms with Gasteiger partial charge in [-0.25, -0.2) is 18.3 Å². The number of piperidine rings is 2. The van der Waals surface area contributed by atoms with Crippen LogP contribution in [-0.4, -0.2) is 89.4 Å². The van der Waals surface area contributed by atoms with Crippen molar-refractivity contribution in [3.63, 3.8) is 0 Å². The Hall–Kier alpha value is -6.47. The van der Waals surface area contributed by atoms with Gasteiger partial charge in [0.1, 0.15) is 16.9 Å². The van der Waals surface area contributed by atoms with Gasteiger partial charge < -0.3 is 35.8 Å². The number of amides is 4. The molecule has 0 spiro atoms. The van der Waals surface area contributed by atoms with Crippen LogP contribution in [0.15, 0.2) is 84.9 Å². The van der Waals surface area contributed by atoms with Crippen molar-refractivity contribution in [2.75, 3.05) is 48.1 Å². The van der Waals surface area contributed by atoms with Crippen LogP contribution in [0.5, 0.6) is 5.75 Å². The second-order valence-electron chi connectivity index (χ2n) is 16.9. The summed E-state index contributed by atoms with van der Waals surface area (Å²) in [6.45, 7) is 4.98. The zero-order valence-electron chi connectivity index (χ0n) is 37.8. The number of nitrogens with zero attached hydrogens (tertiary/aromatic N) is 3. The zero-order valence-corrected chi connectivity index (χ0v) is 40.2. The summed E-state index contributed by atoms with van der Waals surface area (Å²) in [6, 6.07) is 23.9. The molecule has 7 rings (SSSR count). The van der Waals surface area contributed by atoms with Crippen LogP contribution < -0.4 is 30.9 Å². The first kappa shape index (κ1) is 50.9. The molecule has 15 nitrogen and oxygen atoms in total. The quantitative estimate of drug-likeness (QED) is 0.0271. The minimum atomic E-state index is -1.24. The van der Waals surface area contributed by atoms with Crippen molar-refractivity contribution in [3.05, 3.63) is 112 Å². The van der Waals surface area contributed by atoms with E-state index in [-0.39, 0.29) is 45.8 Å². The molecular weight excluding hydrogens is 935 g/mol. The number of nitrogens with two attached hydrogens (primary N) is 1. The van der Waals surface area contributed by atoms with Crippen LogP contribution >= 0.6 is 34.9 Å². The van der Waals surface area contributed by atoms with Crippen molar-refractivity contribution in [2.24, 2.45) is 0 Å². The van der Waals surface area contributed by atoms with E-state index in [1.165, 1.54) is 30.2 Å². The summed E-state index contributed by atoms with van der Waals surface area (Å²) in [6.07, 6.45) is 4.87. The van der Waals surface area contributed by atoms with E-state index < -0.39 is 36.3 Å². The SMILES string of the molecule is CN(C=O)c1cc(-c2ccc(CC(=O)Nc3cccc(CSN4CCCCC4(C)C)c3)cc2F)ccc1N(C)C1CCC(=O)NC1=O.Nc1cccc(-c2sc(C(=O)O)c(OCC(=O)O)c2Cl)c1. The Bertz CT molecular complexity index is 2720. The van der Waals surface area contributed by atoms with E-state index in [0.717, 1.165) is 29.2 Å². The number of nitrogens with one attached hydrogen (secondary N) is 2. The van der Waals surface area contributed by atoms with Gasteiger partial charge in [0.2, 0.25) is 24.1 Å². The Morgan fingerprint density at radius 3 is 2.44 bits per heavy atom. The van der Waals surface area contributed by atoms with E-state index in [4.69, 9.17) is 32.3 Å². The summed E-state index contributed by atoms with van der Waals surface area (Å²) in [7, 11) is 3.30. The molecule has 19 heteroatoms. The van der Waals surface area contributed by atoms with Gasteiger partial charge in [-0.2, -0.15) is 0 Å². The molecule has 1 aromatic heterocycles. The monoisotopic (exact) mass is 986 g/mol. The number of aliphatic carboxylic acids is 1. The van der Waals surface area contributed by atoms with E-state index in [1.807, 2.05) is 30.1 Å². The number of halogens is 2. The molecule has 68 heavy (non-hydrogen) atoms. The molecule has 4 aromatic carbocycles. The second-order valence-corrected chi connectivity index (χ2v) is 19.3. The molecule has 2 aliphatic heterocycles. The van der Waals surface area contributed by atoms with Crippen molar-refractivity contribution < 1.29 is 48.1 Å². The summed E-state index contributed by atoms with van der Waals surface area (Å²) in [5.41, 5.74) is 11.3. The van der Waals surface area contributed by atoms with Crippen LogP contribution in [0.25, 0.3) is 21.6 Å². The first-order valence-corrected chi connectivity index (χ1v) is 23.7. The van der Waals surface area contributed by atoms with Crippen LogP contribution in [0, 0.1) is 5.82 Å². The summed E-state index contributed by atoms with van der Waals surface area (Å²) in [5, 5.41) is 23.2. The van der Waals surface area contributed by atoms with E-state index in [0.29, 0.717) is 62.7 Å². The molecule has 0 radical (unpaired) electrons. The fourth-order valence-electron chi connectivity index (χ4n) is 7.88. The molecule has 358 valence electrons. The fraction of sp³-hybridized carbons (Fsp3) is 0.306. The fourth-order valence-corrected chi connectivity index (χ4v) is 10.5. The number of likely N-dealkylation sites (N-methyl/N-ethyl adjacent to an activating group) is 1. The van der Waals surface area contributed by atoms with Crippen LogP contribution in [0.3, 0.4) is 0 Å². The van der Waals surface area contributed by atoms with Crippen molar-refractivity contribution in [2.45, 2.75) is 69.7 Å². The highest BCUT2D eigenvalue weighted by Crippen LogP contribution is 2.46. The maximum Gasteiger partial charge on any atom is 0.349 e. The normalized spacial score (nSPS) is 15.6. The van der Waals surface area contributed by atoms with E-state index in [9.17, 15) is 28.8 Å². The summed E-state index contributed by atoms with van der Waals surface area (Å²) < 4.78 is 23.0. The number of benzene rings is 4. The topological polar surface area (TPSA) is 212 Å². The number of carboxylic acids is 2. The molecule has 3 heterocycles. The number of anilines is 4. The number of aromatic carboxylic acids is 1. The van der Waals surface area contributed by atoms with Gasteiger partial charge in [-0.05, 0) is 97.8 Å². The maximum atomic E-state index is 15.5. The minimum Gasteiger partial charge on any atom is -0.479 e. The van der Waals surface area contributed by atoms with E-state index >= 15 is 4.39 Å². The minimum absolute atomic E-state index is 0.00691. The highest BCUT2D eigenvalue weighted by atomic mass is 35.5. The summed E-state index contributed by atoms with van der Waals surface area (Å²) >= 11 is 8.87. The average Bonchev–Trinajstić information content (AvgIpc) is 3.63. The lowest BCUT2D eigenvalue weighted by molar-refractivity contribution is -0.139. The number of nitrogen functional groups attached to an aromatic ring is 1. The first-order chi connectivity index (χ1) is 32.3. The van der Waals surface area contributed by atoms with Gasteiger partial charge in [-0.3, -0.25) is 24.5 Å². The lowest BCUT2D eigenvalue weighted by Gasteiger charge is -2.41. The number of thiophene rings is 1. The van der Waals surface area contributed by atoms with Gasteiger partial charge in [0.05, 0.1) is 22.7 Å². The van der Waals surface area contributed by atoms with Crippen LogP contribution in [0.4, 0.5) is 27.1 Å². The average molecular weight is 988 g/mol. The third-order valence-corrected chi connectivity index (χ3v) is 14.6. The van der Waals surface area contributed by atoms with Crippen molar-refractivity contribution in [1.82, 2.24) is 9.62 Å². The van der Waals surface area contributed by atoms with Crippen molar-refractivity contribution >= 4 is 93.7 Å².